The summed E-state index contributed by atoms with van der Waals surface area (Å²) in [6, 6.07) is 68.9. The molecule has 67 heavy (non-hydrogen) atoms. The quantitative estimate of drug-likeness (QED) is 0.167. The second-order valence-corrected chi connectivity index (χ2v) is 17.4. The van der Waals surface area contributed by atoms with Gasteiger partial charge in [0.1, 0.15) is 11.2 Å². The Kier molecular flexibility index (Phi) is 8.31. The highest BCUT2D eigenvalue weighted by Gasteiger charge is 2.25. The van der Waals surface area contributed by atoms with E-state index >= 15 is 0 Å². The Morgan fingerprint density at radius 2 is 1.06 bits per heavy atom. The summed E-state index contributed by atoms with van der Waals surface area (Å²) >= 11 is 0. The van der Waals surface area contributed by atoms with Crippen LogP contribution in [0.15, 0.2) is 217 Å². The molecule has 0 saturated heterocycles. The van der Waals surface area contributed by atoms with Crippen LogP contribution < -0.4 is 0 Å². The number of benzene rings is 9. The number of hydrogen-bond donors (Lipinski definition) is 0. The van der Waals surface area contributed by atoms with Crippen LogP contribution in [0.1, 0.15) is 12.8 Å². The minimum atomic E-state index is 0.619. The van der Waals surface area contributed by atoms with Gasteiger partial charge in [-0.25, -0.2) is 15.0 Å². The van der Waals surface area contributed by atoms with E-state index in [-0.39, 0.29) is 0 Å². The summed E-state index contributed by atoms with van der Waals surface area (Å²) in [6.07, 6.45) is 8.74. The number of hydrogen-bond acceptors (Lipinski definition) is 4. The molecule has 0 radical (unpaired) electrons. The summed E-state index contributed by atoms with van der Waals surface area (Å²) in [5.74, 6) is 1.89. The molecular formula is C61H39N5O. The molecule has 0 amide bonds. The van der Waals surface area contributed by atoms with Crippen molar-refractivity contribution in [1.29, 1.82) is 0 Å². The lowest BCUT2D eigenvalue weighted by Gasteiger charge is -2.15. The van der Waals surface area contributed by atoms with Gasteiger partial charge in [-0.05, 0) is 66.3 Å². The fourth-order valence-corrected chi connectivity index (χ4v) is 10.5. The Bertz CT molecular complexity index is 4130. The van der Waals surface area contributed by atoms with E-state index in [1.165, 1.54) is 38.3 Å². The summed E-state index contributed by atoms with van der Waals surface area (Å²) in [5.41, 5.74) is 13.8. The molecule has 4 aromatic heterocycles. The number of para-hydroxylation sites is 2. The number of nitrogens with zero attached hydrogens (tertiary/aromatic N) is 5. The van der Waals surface area contributed by atoms with Crippen molar-refractivity contribution in [2.75, 3.05) is 0 Å². The zero-order valence-corrected chi connectivity index (χ0v) is 36.3. The number of fused-ring (bicyclic) bond motifs is 12. The first-order valence-electron chi connectivity index (χ1n) is 22.9. The Hall–Kier alpha value is -8.87. The molecule has 6 heteroatoms. The van der Waals surface area contributed by atoms with E-state index in [4.69, 9.17) is 19.4 Å². The summed E-state index contributed by atoms with van der Waals surface area (Å²) in [4.78, 5) is 15.1. The molecule has 0 atom stereocenters. The highest BCUT2D eigenvalue weighted by Crippen LogP contribution is 2.48. The van der Waals surface area contributed by atoms with Crippen LogP contribution in [-0.2, 0) is 0 Å². The number of allylic oxidation sites excluding steroid dienone is 4. The van der Waals surface area contributed by atoms with Crippen LogP contribution in [0.5, 0.6) is 0 Å². The van der Waals surface area contributed by atoms with Gasteiger partial charge in [0.05, 0.1) is 27.5 Å². The third-order valence-electron chi connectivity index (χ3n) is 13.6. The SMILES string of the molecule is C1=CCCC(n2c3ccccc3c3cc(-n4c5c(-c6ccc(-c7nc(-c8ccccc8)nc(-c8ccccc8)n7)cc6)cc6c7ccccc7oc6c5c5ccc6ccccc6c54)ccc32)=C1. The average Bonchev–Trinajstić information content (AvgIpc) is 4.07. The molecule has 1 aliphatic rings. The van der Waals surface area contributed by atoms with Crippen molar-refractivity contribution >= 4 is 82.0 Å². The molecule has 0 fully saturated rings. The zero-order valence-electron chi connectivity index (χ0n) is 36.3. The molecule has 9 aromatic carbocycles. The van der Waals surface area contributed by atoms with Crippen LogP contribution in [-0.4, -0.2) is 24.1 Å². The van der Waals surface area contributed by atoms with Crippen LogP contribution in [0.2, 0.25) is 0 Å². The van der Waals surface area contributed by atoms with Crippen molar-refractivity contribution < 1.29 is 4.42 Å². The van der Waals surface area contributed by atoms with E-state index in [2.05, 4.69) is 161 Å². The molecule has 4 heterocycles. The van der Waals surface area contributed by atoms with Gasteiger partial charge < -0.3 is 13.6 Å². The standard InChI is InChI=1S/C61H39N5O/c1-4-17-40(18-5-1)59-62-60(41-19-6-2-7-20-41)64-61(63-59)42-30-28-39(29-31-42)49-37-51-47-25-13-15-27-54(47)67-58(51)55-48-34-32-38-16-10-11-23-45(38)56(48)66(57(49)55)44-33-35-53-50(36-44)46-24-12-14-26-52(46)65(53)43-21-8-3-9-22-43/h1-8,10-21,23-37H,9,22H2. The zero-order chi connectivity index (χ0) is 44.0. The topological polar surface area (TPSA) is 61.7 Å². The van der Waals surface area contributed by atoms with Gasteiger partial charge in [0.2, 0.25) is 0 Å². The van der Waals surface area contributed by atoms with Crippen molar-refractivity contribution in [1.82, 2.24) is 24.1 Å². The minimum absolute atomic E-state index is 0.619. The summed E-state index contributed by atoms with van der Waals surface area (Å²) < 4.78 is 11.9. The maximum absolute atomic E-state index is 6.95. The summed E-state index contributed by atoms with van der Waals surface area (Å²) in [5, 5.41) is 9.23. The van der Waals surface area contributed by atoms with Crippen LogP contribution in [0.25, 0.3) is 133 Å². The lowest BCUT2D eigenvalue weighted by molar-refractivity contribution is 0.673. The lowest BCUT2D eigenvalue weighted by atomic mass is 9.97. The first-order valence-corrected chi connectivity index (χ1v) is 22.9. The fourth-order valence-electron chi connectivity index (χ4n) is 10.5. The maximum atomic E-state index is 6.95. The molecule has 314 valence electrons. The molecular weight excluding hydrogens is 819 g/mol. The first kappa shape index (κ1) is 37.5. The predicted molar refractivity (Wildman–Crippen MR) is 276 cm³/mol. The van der Waals surface area contributed by atoms with E-state index < -0.39 is 0 Å². The minimum Gasteiger partial charge on any atom is -0.455 e. The predicted octanol–water partition coefficient (Wildman–Crippen LogP) is 16.0. The number of aromatic nitrogens is 5. The van der Waals surface area contributed by atoms with Gasteiger partial charge in [-0.1, -0.05) is 170 Å². The summed E-state index contributed by atoms with van der Waals surface area (Å²) in [7, 11) is 0. The molecule has 0 unspecified atom stereocenters. The third kappa shape index (κ3) is 5.86. The van der Waals surface area contributed by atoms with E-state index in [1.807, 2.05) is 60.7 Å². The first-order chi connectivity index (χ1) is 33.2. The Labute approximate surface area is 385 Å². The fraction of sp³-hybridized carbons (Fsp3) is 0.0328. The number of rotatable bonds is 6. The van der Waals surface area contributed by atoms with Crippen molar-refractivity contribution in [2.24, 2.45) is 0 Å². The normalized spacial score (nSPS) is 13.0. The summed E-state index contributed by atoms with van der Waals surface area (Å²) in [6.45, 7) is 0. The Morgan fingerprint density at radius 3 is 1.79 bits per heavy atom. The molecule has 6 nitrogen and oxygen atoms in total. The van der Waals surface area contributed by atoms with Gasteiger partial charge in [-0.3, -0.25) is 0 Å². The van der Waals surface area contributed by atoms with Gasteiger partial charge in [-0.15, -0.1) is 0 Å². The molecule has 14 rings (SSSR count). The smallest absolute Gasteiger partial charge is 0.164 e. The molecule has 0 bridgehead atoms. The number of furan rings is 1. The Morgan fingerprint density at radius 1 is 0.433 bits per heavy atom. The van der Waals surface area contributed by atoms with E-state index in [0.717, 1.165) is 90.1 Å². The molecule has 13 aromatic rings. The monoisotopic (exact) mass is 857 g/mol. The van der Waals surface area contributed by atoms with Crippen molar-refractivity contribution in [3.63, 3.8) is 0 Å². The van der Waals surface area contributed by atoms with Crippen LogP contribution >= 0.6 is 0 Å². The van der Waals surface area contributed by atoms with Crippen LogP contribution in [0, 0.1) is 0 Å². The second-order valence-electron chi connectivity index (χ2n) is 17.4. The van der Waals surface area contributed by atoms with E-state index in [0.29, 0.717) is 17.5 Å². The van der Waals surface area contributed by atoms with Gasteiger partial charge in [0.25, 0.3) is 0 Å². The van der Waals surface area contributed by atoms with Gasteiger partial charge in [-0.2, -0.15) is 0 Å². The molecule has 1 aliphatic carbocycles. The maximum Gasteiger partial charge on any atom is 0.164 e. The Balaban J connectivity index is 1.05. The molecule has 0 N–H and O–H groups in total. The average molecular weight is 858 g/mol. The van der Waals surface area contributed by atoms with Crippen molar-refractivity contribution in [2.45, 2.75) is 12.8 Å². The van der Waals surface area contributed by atoms with Gasteiger partial charge in [0, 0.05) is 66.0 Å². The van der Waals surface area contributed by atoms with Crippen LogP contribution in [0.3, 0.4) is 0 Å². The lowest BCUT2D eigenvalue weighted by Crippen LogP contribution is -2.00. The van der Waals surface area contributed by atoms with E-state index in [1.54, 1.807) is 0 Å². The van der Waals surface area contributed by atoms with Crippen molar-refractivity contribution in [3.05, 3.63) is 212 Å². The largest absolute Gasteiger partial charge is 0.455 e. The molecule has 0 saturated carbocycles. The molecule has 0 spiro atoms. The van der Waals surface area contributed by atoms with E-state index in [9.17, 15) is 0 Å². The highest BCUT2D eigenvalue weighted by molar-refractivity contribution is 6.30. The van der Waals surface area contributed by atoms with Gasteiger partial charge in [0.15, 0.2) is 17.5 Å². The second kappa shape index (κ2) is 14.8. The van der Waals surface area contributed by atoms with Crippen LogP contribution in [0.4, 0.5) is 0 Å². The highest BCUT2D eigenvalue weighted by atomic mass is 16.3. The van der Waals surface area contributed by atoms with Gasteiger partial charge >= 0.3 is 0 Å². The van der Waals surface area contributed by atoms with Crippen molar-refractivity contribution in [3.8, 4) is 51.0 Å². The third-order valence-corrected chi connectivity index (χ3v) is 13.6. The molecule has 0 aliphatic heterocycles.